The highest BCUT2D eigenvalue weighted by Crippen LogP contribution is 2.38. The molecule has 148 valence electrons. The first kappa shape index (κ1) is 22.9. The van der Waals surface area contributed by atoms with Crippen LogP contribution in [0.1, 0.15) is 34.1 Å². The first-order chi connectivity index (χ1) is 11.9. The van der Waals surface area contributed by atoms with E-state index in [1.807, 2.05) is 6.08 Å². The average molecular weight is 402 g/mol. The average Bonchev–Trinajstić information content (AvgIpc) is 2.82. The molecule has 0 aromatic heterocycles. The fraction of sp³-hybridized carbons (Fsp3) is 0.722. The Morgan fingerprint density at radius 2 is 2.00 bits per heavy atom. The minimum absolute atomic E-state index is 0.0908. The Bertz CT molecular complexity index is 583. The zero-order valence-electron chi connectivity index (χ0n) is 16.8. The Balaban J connectivity index is 2.62. The molecule has 0 spiro atoms. The summed E-state index contributed by atoms with van der Waals surface area (Å²) in [4.78, 5) is 35.1. The molecule has 0 unspecified atom stereocenters. The summed E-state index contributed by atoms with van der Waals surface area (Å²) in [5.74, 6) is 0.155. The van der Waals surface area contributed by atoms with Crippen molar-refractivity contribution >= 4 is 37.7 Å². The quantitative estimate of drug-likeness (QED) is 0.497. The largest absolute Gasteiger partial charge is 0.467 e. The lowest BCUT2D eigenvalue weighted by Crippen LogP contribution is -2.43. The van der Waals surface area contributed by atoms with Gasteiger partial charge in [0.05, 0.1) is 13.2 Å². The van der Waals surface area contributed by atoms with Gasteiger partial charge < -0.3 is 14.5 Å². The van der Waals surface area contributed by atoms with Crippen LogP contribution in [0.4, 0.5) is 0 Å². The van der Waals surface area contributed by atoms with E-state index < -0.39 is 20.3 Å². The third-order valence-electron chi connectivity index (χ3n) is 4.79. The van der Waals surface area contributed by atoms with Gasteiger partial charge in [0, 0.05) is 30.4 Å². The Morgan fingerprint density at radius 3 is 2.50 bits per heavy atom. The Morgan fingerprint density at radius 1 is 1.38 bits per heavy atom. The molecule has 0 radical (unpaired) electrons. The SMILES string of the molecule is COC(=O)[C@H](CSCC1=C[C@H](O[Si](C)(C)C(C)(C)C)CC1=O)NC(C)=O. The zero-order valence-corrected chi connectivity index (χ0v) is 18.6. The number of ether oxygens (including phenoxy) is 1. The second kappa shape index (κ2) is 9.19. The zero-order chi connectivity index (χ0) is 20.1. The van der Waals surface area contributed by atoms with Gasteiger partial charge in [-0.3, -0.25) is 9.59 Å². The van der Waals surface area contributed by atoms with Crippen LogP contribution in [-0.2, 0) is 23.5 Å². The third-order valence-corrected chi connectivity index (χ3v) is 10.4. The van der Waals surface area contributed by atoms with E-state index in [4.69, 9.17) is 9.16 Å². The maximum atomic E-state index is 12.3. The summed E-state index contributed by atoms with van der Waals surface area (Å²) >= 11 is 1.42. The molecule has 0 fully saturated rings. The first-order valence-corrected chi connectivity index (χ1v) is 12.8. The standard InChI is InChI=1S/C18H31NO5SSi/c1-12(20)19-15(17(22)23-5)11-25-10-13-8-14(9-16(13)21)24-26(6,7)18(2,3)4/h8,14-15H,9-11H2,1-7H3,(H,19,20)/t14-,15-/m0/s1. The minimum atomic E-state index is -1.93. The van der Waals surface area contributed by atoms with Crippen LogP contribution in [0.15, 0.2) is 11.6 Å². The highest BCUT2D eigenvalue weighted by Gasteiger charge is 2.40. The number of rotatable bonds is 8. The number of esters is 1. The summed E-state index contributed by atoms with van der Waals surface area (Å²) in [6, 6.07) is -0.709. The maximum absolute atomic E-state index is 12.3. The van der Waals surface area contributed by atoms with Crippen molar-refractivity contribution in [3.8, 4) is 0 Å². The van der Waals surface area contributed by atoms with Gasteiger partial charge >= 0.3 is 5.97 Å². The molecule has 1 amide bonds. The number of hydrogen-bond donors (Lipinski definition) is 1. The number of hydrogen-bond acceptors (Lipinski definition) is 6. The molecule has 0 heterocycles. The molecule has 26 heavy (non-hydrogen) atoms. The molecule has 0 aliphatic heterocycles. The van der Waals surface area contributed by atoms with E-state index in [2.05, 4.69) is 39.2 Å². The molecular formula is C18H31NO5SSi. The van der Waals surface area contributed by atoms with Gasteiger partial charge in [0.15, 0.2) is 14.1 Å². The van der Waals surface area contributed by atoms with Crippen molar-refractivity contribution in [1.29, 1.82) is 0 Å². The number of nitrogens with one attached hydrogen (secondary N) is 1. The molecule has 0 saturated heterocycles. The predicted molar refractivity (Wildman–Crippen MR) is 107 cm³/mol. The van der Waals surface area contributed by atoms with Gasteiger partial charge in [-0.25, -0.2) is 4.79 Å². The lowest BCUT2D eigenvalue weighted by Gasteiger charge is -2.37. The number of ketones is 1. The molecule has 0 bridgehead atoms. The Kier molecular flexibility index (Phi) is 8.10. The van der Waals surface area contributed by atoms with Crippen LogP contribution < -0.4 is 5.32 Å². The second-order valence-corrected chi connectivity index (χ2v) is 13.8. The fourth-order valence-electron chi connectivity index (χ4n) is 2.29. The van der Waals surface area contributed by atoms with Crippen molar-refractivity contribution in [2.75, 3.05) is 18.6 Å². The number of carbonyl (C=O) groups excluding carboxylic acids is 3. The highest BCUT2D eigenvalue weighted by molar-refractivity contribution is 7.99. The van der Waals surface area contributed by atoms with Crippen LogP contribution in [0, 0.1) is 0 Å². The molecule has 1 aliphatic carbocycles. The molecular weight excluding hydrogens is 370 g/mol. The number of Topliss-reactive ketones (excluding diaryl/α,β-unsaturated/α-hetero) is 1. The molecule has 1 aliphatic rings. The molecule has 2 atom stereocenters. The monoisotopic (exact) mass is 401 g/mol. The van der Waals surface area contributed by atoms with Crippen molar-refractivity contribution in [2.45, 2.75) is 64.4 Å². The van der Waals surface area contributed by atoms with Crippen LogP contribution >= 0.6 is 11.8 Å². The van der Waals surface area contributed by atoms with Gasteiger partial charge in [-0.2, -0.15) is 11.8 Å². The van der Waals surface area contributed by atoms with Gasteiger partial charge in [-0.15, -0.1) is 0 Å². The van der Waals surface area contributed by atoms with E-state index in [1.165, 1.54) is 25.8 Å². The van der Waals surface area contributed by atoms with E-state index in [9.17, 15) is 14.4 Å². The van der Waals surface area contributed by atoms with Crippen molar-refractivity contribution in [3.05, 3.63) is 11.6 Å². The summed E-state index contributed by atoms with van der Waals surface area (Å²) in [5, 5.41) is 2.66. The van der Waals surface area contributed by atoms with Gasteiger partial charge in [0.1, 0.15) is 6.04 Å². The number of amides is 1. The van der Waals surface area contributed by atoms with Crippen LogP contribution in [0.2, 0.25) is 18.1 Å². The van der Waals surface area contributed by atoms with Crippen molar-refractivity contribution < 1.29 is 23.5 Å². The van der Waals surface area contributed by atoms with Crippen molar-refractivity contribution in [2.24, 2.45) is 0 Å². The van der Waals surface area contributed by atoms with Crippen LogP contribution in [0.5, 0.6) is 0 Å². The summed E-state index contributed by atoms with van der Waals surface area (Å²) < 4.78 is 11.0. The van der Waals surface area contributed by atoms with Gasteiger partial charge in [-0.05, 0) is 24.2 Å². The summed E-state index contributed by atoms with van der Waals surface area (Å²) in [6.07, 6.45) is 2.14. The van der Waals surface area contributed by atoms with Gasteiger partial charge in [0.2, 0.25) is 5.91 Å². The third kappa shape index (κ3) is 6.55. The van der Waals surface area contributed by atoms with E-state index in [1.54, 1.807) is 0 Å². The lowest BCUT2D eigenvalue weighted by atomic mass is 10.2. The van der Waals surface area contributed by atoms with Gasteiger partial charge in [-0.1, -0.05) is 20.8 Å². The molecule has 8 heteroatoms. The number of carbonyl (C=O) groups is 3. The minimum Gasteiger partial charge on any atom is -0.467 e. The number of methoxy groups -OCH3 is 1. The molecule has 1 N–H and O–H groups in total. The van der Waals surface area contributed by atoms with E-state index >= 15 is 0 Å². The van der Waals surface area contributed by atoms with E-state index in [0.717, 1.165) is 5.57 Å². The number of thioether (sulfide) groups is 1. The Hall–Kier alpha value is -1.12. The van der Waals surface area contributed by atoms with Crippen LogP contribution in [0.3, 0.4) is 0 Å². The Labute approximate surface area is 161 Å². The maximum Gasteiger partial charge on any atom is 0.329 e. The first-order valence-electron chi connectivity index (χ1n) is 8.71. The van der Waals surface area contributed by atoms with Crippen LogP contribution in [-0.4, -0.2) is 56.7 Å². The summed E-state index contributed by atoms with van der Waals surface area (Å²) in [5.41, 5.74) is 0.727. The molecule has 0 aromatic carbocycles. The lowest BCUT2D eigenvalue weighted by molar-refractivity contribution is -0.144. The van der Waals surface area contributed by atoms with Gasteiger partial charge in [0.25, 0.3) is 0 Å². The predicted octanol–water partition coefficient (Wildman–Crippen LogP) is 2.69. The molecule has 0 aromatic rings. The second-order valence-electron chi connectivity index (χ2n) is 8.03. The molecule has 1 rings (SSSR count). The molecule has 0 saturated carbocycles. The van der Waals surface area contributed by atoms with E-state index in [-0.39, 0.29) is 22.8 Å². The fourth-order valence-corrected chi connectivity index (χ4v) is 4.60. The van der Waals surface area contributed by atoms with Crippen molar-refractivity contribution in [3.63, 3.8) is 0 Å². The van der Waals surface area contributed by atoms with Crippen molar-refractivity contribution in [1.82, 2.24) is 5.32 Å². The summed E-state index contributed by atoms with van der Waals surface area (Å²) in [6.45, 7) is 12.2. The highest BCUT2D eigenvalue weighted by atomic mass is 32.2. The smallest absolute Gasteiger partial charge is 0.329 e. The normalized spacial score (nSPS) is 19.1. The molecule has 6 nitrogen and oxygen atoms in total. The summed E-state index contributed by atoms with van der Waals surface area (Å²) in [7, 11) is -0.643. The van der Waals surface area contributed by atoms with Crippen LogP contribution in [0.25, 0.3) is 0 Å². The topological polar surface area (TPSA) is 81.7 Å². The van der Waals surface area contributed by atoms with E-state index in [0.29, 0.717) is 17.9 Å².